The molecule has 0 saturated carbocycles. The van der Waals surface area contributed by atoms with E-state index in [0.717, 1.165) is 4.88 Å². The SMILES string of the molecule is Cc1ccc(C(=O)c2cnccc2N)s1. The molecule has 0 aliphatic rings. The Morgan fingerprint density at radius 1 is 1.40 bits per heavy atom. The maximum atomic E-state index is 12.0. The van der Waals surface area contributed by atoms with Gasteiger partial charge in [-0.2, -0.15) is 0 Å². The van der Waals surface area contributed by atoms with Crippen LogP contribution >= 0.6 is 11.3 Å². The zero-order valence-electron chi connectivity index (χ0n) is 8.23. The third-order valence-electron chi connectivity index (χ3n) is 2.06. The second-order valence-electron chi connectivity index (χ2n) is 3.20. The van der Waals surface area contributed by atoms with E-state index in [4.69, 9.17) is 5.73 Å². The summed E-state index contributed by atoms with van der Waals surface area (Å²) >= 11 is 1.47. The van der Waals surface area contributed by atoms with E-state index >= 15 is 0 Å². The van der Waals surface area contributed by atoms with E-state index in [1.54, 1.807) is 12.3 Å². The van der Waals surface area contributed by atoms with Crippen molar-refractivity contribution in [3.05, 3.63) is 45.9 Å². The van der Waals surface area contributed by atoms with Crippen molar-refractivity contribution >= 4 is 22.8 Å². The largest absolute Gasteiger partial charge is 0.398 e. The normalized spacial score (nSPS) is 10.2. The molecule has 4 heteroatoms. The van der Waals surface area contributed by atoms with Crippen molar-refractivity contribution in [3.8, 4) is 0 Å². The molecule has 0 saturated heterocycles. The van der Waals surface area contributed by atoms with Gasteiger partial charge in [-0.15, -0.1) is 11.3 Å². The summed E-state index contributed by atoms with van der Waals surface area (Å²) in [6.07, 6.45) is 3.08. The second kappa shape index (κ2) is 3.82. The predicted octanol–water partition coefficient (Wildman–Crippen LogP) is 2.26. The number of aromatic nitrogens is 1. The molecule has 2 aromatic rings. The zero-order valence-corrected chi connectivity index (χ0v) is 9.04. The number of nitrogens with two attached hydrogens (primary N) is 1. The molecule has 0 radical (unpaired) electrons. The van der Waals surface area contributed by atoms with Gasteiger partial charge in [0.2, 0.25) is 5.78 Å². The molecule has 2 N–H and O–H groups in total. The topological polar surface area (TPSA) is 56.0 Å². The van der Waals surface area contributed by atoms with Crippen molar-refractivity contribution in [1.82, 2.24) is 4.98 Å². The van der Waals surface area contributed by atoms with Crippen molar-refractivity contribution in [3.63, 3.8) is 0 Å². The number of hydrogen-bond acceptors (Lipinski definition) is 4. The van der Waals surface area contributed by atoms with Crippen molar-refractivity contribution < 1.29 is 4.79 Å². The molecule has 2 heterocycles. The molecule has 76 valence electrons. The third-order valence-corrected chi connectivity index (χ3v) is 3.06. The molecular weight excluding hydrogens is 208 g/mol. The maximum Gasteiger partial charge on any atom is 0.206 e. The predicted molar refractivity (Wildman–Crippen MR) is 61.1 cm³/mol. The highest BCUT2D eigenvalue weighted by molar-refractivity contribution is 7.14. The van der Waals surface area contributed by atoms with Crippen LogP contribution in [0.5, 0.6) is 0 Å². The van der Waals surface area contributed by atoms with Crippen molar-refractivity contribution in [1.29, 1.82) is 0 Å². The molecular formula is C11H10N2OS. The van der Waals surface area contributed by atoms with Gasteiger partial charge in [0, 0.05) is 23.0 Å². The Morgan fingerprint density at radius 2 is 2.20 bits per heavy atom. The Labute approximate surface area is 91.6 Å². The molecule has 0 aromatic carbocycles. The lowest BCUT2D eigenvalue weighted by Crippen LogP contribution is -2.03. The fourth-order valence-electron chi connectivity index (χ4n) is 1.28. The van der Waals surface area contributed by atoms with Gasteiger partial charge in [-0.3, -0.25) is 9.78 Å². The maximum absolute atomic E-state index is 12.0. The highest BCUT2D eigenvalue weighted by Crippen LogP contribution is 2.21. The molecule has 0 fully saturated rings. The molecule has 0 atom stereocenters. The average Bonchev–Trinajstić information content (AvgIpc) is 2.65. The molecule has 0 spiro atoms. The van der Waals surface area contributed by atoms with E-state index in [1.807, 2.05) is 19.1 Å². The minimum absolute atomic E-state index is 0.0568. The van der Waals surface area contributed by atoms with E-state index in [0.29, 0.717) is 16.1 Å². The van der Waals surface area contributed by atoms with E-state index in [-0.39, 0.29) is 5.78 Å². The Bertz CT molecular complexity index is 505. The summed E-state index contributed by atoms with van der Waals surface area (Å²) in [6.45, 7) is 1.97. The fraction of sp³-hybridized carbons (Fsp3) is 0.0909. The summed E-state index contributed by atoms with van der Waals surface area (Å²) in [4.78, 5) is 17.7. The number of hydrogen-bond donors (Lipinski definition) is 1. The van der Waals surface area contributed by atoms with Crippen LogP contribution < -0.4 is 5.73 Å². The number of nitrogen functional groups attached to an aromatic ring is 1. The van der Waals surface area contributed by atoms with Gasteiger partial charge in [-0.25, -0.2) is 0 Å². The van der Waals surface area contributed by atoms with Crippen LogP contribution in [0.2, 0.25) is 0 Å². The number of aryl methyl sites for hydroxylation is 1. The lowest BCUT2D eigenvalue weighted by Gasteiger charge is -2.00. The number of rotatable bonds is 2. The van der Waals surface area contributed by atoms with Crippen LogP contribution in [0.4, 0.5) is 5.69 Å². The minimum atomic E-state index is -0.0568. The summed E-state index contributed by atoms with van der Waals surface area (Å²) in [6, 6.07) is 5.37. The average molecular weight is 218 g/mol. The van der Waals surface area contributed by atoms with Gasteiger partial charge in [0.1, 0.15) is 0 Å². The molecule has 0 bridgehead atoms. The van der Waals surface area contributed by atoms with Crippen LogP contribution in [0.3, 0.4) is 0 Å². The molecule has 0 unspecified atom stereocenters. The molecule has 0 amide bonds. The van der Waals surface area contributed by atoms with Gasteiger partial charge in [-0.1, -0.05) is 0 Å². The quantitative estimate of drug-likeness (QED) is 0.787. The number of anilines is 1. The fourth-order valence-corrected chi connectivity index (χ4v) is 2.11. The summed E-state index contributed by atoms with van der Waals surface area (Å²) in [7, 11) is 0. The number of thiophene rings is 1. The van der Waals surface area contributed by atoms with E-state index in [9.17, 15) is 4.79 Å². The van der Waals surface area contributed by atoms with Crippen LogP contribution in [-0.4, -0.2) is 10.8 Å². The zero-order chi connectivity index (χ0) is 10.8. The smallest absolute Gasteiger partial charge is 0.206 e. The summed E-state index contributed by atoms with van der Waals surface area (Å²) in [5.41, 5.74) is 6.65. The Balaban J connectivity index is 2.41. The van der Waals surface area contributed by atoms with E-state index < -0.39 is 0 Å². The third kappa shape index (κ3) is 1.89. The van der Waals surface area contributed by atoms with Gasteiger partial charge in [0.15, 0.2) is 0 Å². The number of carbonyl (C=O) groups is 1. The van der Waals surface area contributed by atoms with Crippen LogP contribution in [0.25, 0.3) is 0 Å². The molecule has 0 aliphatic carbocycles. The highest BCUT2D eigenvalue weighted by atomic mass is 32.1. The standard InChI is InChI=1S/C11H10N2OS/c1-7-2-3-10(15-7)11(14)8-6-13-5-4-9(8)12/h2-6H,1H3,(H2,12,13). The molecule has 2 rings (SSSR count). The first-order chi connectivity index (χ1) is 7.18. The summed E-state index contributed by atoms with van der Waals surface area (Å²) in [5, 5.41) is 0. The first-order valence-electron chi connectivity index (χ1n) is 4.49. The van der Waals surface area contributed by atoms with Crippen molar-refractivity contribution in [2.24, 2.45) is 0 Å². The van der Waals surface area contributed by atoms with Crippen LogP contribution in [0.1, 0.15) is 20.1 Å². The van der Waals surface area contributed by atoms with Gasteiger partial charge in [0.25, 0.3) is 0 Å². The molecule has 3 nitrogen and oxygen atoms in total. The lowest BCUT2D eigenvalue weighted by atomic mass is 10.1. The number of ketones is 1. The van der Waals surface area contributed by atoms with Gasteiger partial charge in [0.05, 0.1) is 10.4 Å². The van der Waals surface area contributed by atoms with E-state index in [2.05, 4.69) is 4.98 Å². The molecule has 0 aliphatic heterocycles. The summed E-state index contributed by atoms with van der Waals surface area (Å²) < 4.78 is 0. The van der Waals surface area contributed by atoms with Crippen molar-refractivity contribution in [2.75, 3.05) is 5.73 Å². The van der Waals surface area contributed by atoms with Crippen LogP contribution in [0, 0.1) is 6.92 Å². The van der Waals surface area contributed by atoms with Gasteiger partial charge in [-0.05, 0) is 25.1 Å². The number of carbonyl (C=O) groups excluding carboxylic acids is 1. The second-order valence-corrected chi connectivity index (χ2v) is 4.49. The minimum Gasteiger partial charge on any atom is -0.398 e. The number of pyridine rings is 1. The lowest BCUT2D eigenvalue weighted by molar-refractivity contribution is 0.104. The Hall–Kier alpha value is -1.68. The highest BCUT2D eigenvalue weighted by Gasteiger charge is 2.13. The van der Waals surface area contributed by atoms with Crippen LogP contribution in [-0.2, 0) is 0 Å². The Morgan fingerprint density at radius 3 is 2.80 bits per heavy atom. The first-order valence-corrected chi connectivity index (χ1v) is 5.31. The van der Waals surface area contributed by atoms with Gasteiger partial charge < -0.3 is 5.73 Å². The van der Waals surface area contributed by atoms with Crippen LogP contribution in [0.15, 0.2) is 30.6 Å². The monoisotopic (exact) mass is 218 g/mol. The molecule has 2 aromatic heterocycles. The first kappa shape index (κ1) is 9.86. The van der Waals surface area contributed by atoms with Gasteiger partial charge >= 0.3 is 0 Å². The van der Waals surface area contributed by atoms with Crippen molar-refractivity contribution in [2.45, 2.75) is 6.92 Å². The molecule has 15 heavy (non-hydrogen) atoms. The Kier molecular flexibility index (Phi) is 2.51. The van der Waals surface area contributed by atoms with E-state index in [1.165, 1.54) is 17.5 Å². The number of nitrogens with zero attached hydrogens (tertiary/aromatic N) is 1. The summed E-state index contributed by atoms with van der Waals surface area (Å²) in [5.74, 6) is -0.0568.